The molecular weight excluding hydrogens is 134 g/mol. The summed E-state index contributed by atoms with van der Waals surface area (Å²) in [4.78, 5) is 4.44. The van der Waals surface area contributed by atoms with E-state index >= 15 is 0 Å². The van der Waals surface area contributed by atoms with Crippen LogP contribution in [0.3, 0.4) is 0 Å². The van der Waals surface area contributed by atoms with E-state index < -0.39 is 0 Å². The van der Waals surface area contributed by atoms with Crippen LogP contribution >= 0.6 is 0 Å². The second-order valence-corrected chi connectivity index (χ2v) is 2.77. The Balaban J connectivity index is 2.48. The molecule has 0 fully saturated rings. The van der Waals surface area contributed by atoms with E-state index in [0.717, 1.165) is 13.0 Å². The average Bonchev–Trinajstić information content (AvgIpc) is 2.47. The van der Waals surface area contributed by atoms with Crippen molar-refractivity contribution >= 4 is 5.71 Å². The summed E-state index contributed by atoms with van der Waals surface area (Å²) in [7, 11) is 0. The second-order valence-electron chi connectivity index (χ2n) is 2.77. The van der Waals surface area contributed by atoms with Crippen molar-refractivity contribution in [3.8, 4) is 0 Å². The first-order valence-electron chi connectivity index (χ1n) is 4.03. The van der Waals surface area contributed by atoms with Gasteiger partial charge in [0.05, 0.1) is 6.54 Å². The monoisotopic (exact) mass is 145 g/mol. The van der Waals surface area contributed by atoms with Gasteiger partial charge in [0.25, 0.3) is 0 Å². The highest BCUT2D eigenvalue weighted by Gasteiger charge is 2.11. The van der Waals surface area contributed by atoms with E-state index in [-0.39, 0.29) is 0 Å². The fourth-order valence-corrected chi connectivity index (χ4v) is 1.51. The Morgan fingerprint density at radius 1 is 1.36 bits per heavy atom. The minimum absolute atomic E-state index is 0.888. The Morgan fingerprint density at radius 3 is 3.00 bits per heavy atom. The molecule has 11 heavy (non-hydrogen) atoms. The molecule has 0 radical (unpaired) electrons. The van der Waals surface area contributed by atoms with Gasteiger partial charge in [0.1, 0.15) is 0 Å². The highest BCUT2D eigenvalue weighted by molar-refractivity contribution is 6.03. The zero-order valence-electron chi connectivity index (χ0n) is 6.67. The molecule has 1 aromatic rings. The lowest BCUT2D eigenvalue weighted by Gasteiger charge is -1.97. The van der Waals surface area contributed by atoms with Gasteiger partial charge in [-0.3, -0.25) is 4.99 Å². The molecule has 1 heterocycles. The molecule has 1 aliphatic heterocycles. The van der Waals surface area contributed by atoms with Gasteiger partial charge in [-0.1, -0.05) is 31.2 Å². The molecule has 0 aromatic heterocycles. The largest absolute Gasteiger partial charge is 0.284 e. The number of aliphatic imine (C=N–C) groups is 1. The van der Waals surface area contributed by atoms with Gasteiger partial charge >= 0.3 is 0 Å². The van der Waals surface area contributed by atoms with E-state index in [4.69, 9.17) is 0 Å². The molecule has 0 N–H and O–H groups in total. The number of fused-ring (bicyclic) bond motifs is 1. The third-order valence-electron chi connectivity index (χ3n) is 2.10. The van der Waals surface area contributed by atoms with Gasteiger partial charge in [0.2, 0.25) is 0 Å². The van der Waals surface area contributed by atoms with E-state index in [1.165, 1.54) is 16.8 Å². The van der Waals surface area contributed by atoms with Gasteiger partial charge in [0, 0.05) is 11.3 Å². The highest BCUT2D eigenvalue weighted by Crippen LogP contribution is 2.19. The van der Waals surface area contributed by atoms with Crippen molar-refractivity contribution in [3.63, 3.8) is 0 Å². The molecule has 56 valence electrons. The summed E-state index contributed by atoms with van der Waals surface area (Å²) in [6.45, 7) is 3.04. The van der Waals surface area contributed by atoms with Gasteiger partial charge in [-0.15, -0.1) is 0 Å². The SMILES string of the molecule is CCC1=NCc2ccccc21. The second kappa shape index (κ2) is 2.50. The van der Waals surface area contributed by atoms with Crippen LogP contribution in [-0.4, -0.2) is 5.71 Å². The predicted molar refractivity (Wildman–Crippen MR) is 47.0 cm³/mol. The molecule has 0 spiro atoms. The molecule has 0 saturated heterocycles. The van der Waals surface area contributed by atoms with Crippen LogP contribution in [0, 0.1) is 0 Å². The van der Waals surface area contributed by atoms with Crippen LogP contribution < -0.4 is 0 Å². The van der Waals surface area contributed by atoms with Crippen molar-refractivity contribution in [2.75, 3.05) is 0 Å². The molecule has 1 nitrogen and oxygen atoms in total. The smallest absolute Gasteiger partial charge is 0.0649 e. The Kier molecular flexibility index (Phi) is 1.50. The molecular formula is C10H11N. The van der Waals surface area contributed by atoms with Gasteiger partial charge in [-0.05, 0) is 12.0 Å². The quantitative estimate of drug-likeness (QED) is 0.575. The van der Waals surface area contributed by atoms with Crippen LogP contribution in [0.5, 0.6) is 0 Å². The molecule has 0 amide bonds. The van der Waals surface area contributed by atoms with Crippen LogP contribution in [0.15, 0.2) is 29.3 Å². The minimum atomic E-state index is 0.888. The Bertz CT molecular complexity index is 299. The standard InChI is InChI=1S/C10H11N/c1-2-10-9-6-4-3-5-8(9)7-11-10/h3-6H,2,7H2,1H3. The molecule has 1 aliphatic rings. The Labute approximate surface area is 66.8 Å². The third kappa shape index (κ3) is 0.967. The van der Waals surface area contributed by atoms with Crippen molar-refractivity contribution < 1.29 is 0 Å². The van der Waals surface area contributed by atoms with Crippen molar-refractivity contribution in [2.45, 2.75) is 19.9 Å². The predicted octanol–water partition coefficient (Wildman–Crippen LogP) is 2.40. The molecule has 0 saturated carbocycles. The van der Waals surface area contributed by atoms with E-state index in [1.54, 1.807) is 0 Å². The maximum absolute atomic E-state index is 4.44. The molecule has 2 rings (SSSR count). The van der Waals surface area contributed by atoms with Crippen LogP contribution in [0.4, 0.5) is 0 Å². The summed E-state index contributed by atoms with van der Waals surface area (Å²) >= 11 is 0. The van der Waals surface area contributed by atoms with E-state index in [9.17, 15) is 0 Å². The lowest BCUT2D eigenvalue weighted by atomic mass is 10.1. The van der Waals surface area contributed by atoms with Gasteiger partial charge in [-0.25, -0.2) is 0 Å². The van der Waals surface area contributed by atoms with Crippen molar-refractivity contribution in [2.24, 2.45) is 4.99 Å². The molecule has 1 heteroatoms. The van der Waals surface area contributed by atoms with Crippen molar-refractivity contribution in [3.05, 3.63) is 35.4 Å². The third-order valence-corrected chi connectivity index (χ3v) is 2.10. The summed E-state index contributed by atoms with van der Waals surface area (Å²) in [6.07, 6.45) is 1.05. The molecule has 1 aromatic carbocycles. The minimum Gasteiger partial charge on any atom is -0.284 e. The van der Waals surface area contributed by atoms with Gasteiger partial charge < -0.3 is 0 Å². The summed E-state index contributed by atoms with van der Waals surface area (Å²) in [5.41, 5.74) is 4.00. The Hall–Kier alpha value is -1.11. The number of benzene rings is 1. The topological polar surface area (TPSA) is 12.4 Å². The first kappa shape index (κ1) is 6.59. The number of nitrogens with zero attached hydrogens (tertiary/aromatic N) is 1. The maximum Gasteiger partial charge on any atom is 0.0649 e. The van der Waals surface area contributed by atoms with Crippen molar-refractivity contribution in [1.82, 2.24) is 0 Å². The molecule has 0 aliphatic carbocycles. The van der Waals surface area contributed by atoms with E-state index in [2.05, 4.69) is 36.2 Å². The first-order chi connectivity index (χ1) is 5.42. The summed E-state index contributed by atoms with van der Waals surface area (Å²) < 4.78 is 0. The van der Waals surface area contributed by atoms with Crippen LogP contribution in [0.25, 0.3) is 0 Å². The summed E-state index contributed by atoms with van der Waals surface area (Å²) in [6, 6.07) is 8.47. The van der Waals surface area contributed by atoms with E-state index in [0.29, 0.717) is 0 Å². The highest BCUT2D eigenvalue weighted by atomic mass is 14.8. The fourth-order valence-electron chi connectivity index (χ4n) is 1.51. The molecule has 0 unspecified atom stereocenters. The number of hydrogen-bond acceptors (Lipinski definition) is 1. The molecule has 0 bridgehead atoms. The normalized spacial score (nSPS) is 14.5. The van der Waals surface area contributed by atoms with Crippen LogP contribution in [0.1, 0.15) is 24.5 Å². The van der Waals surface area contributed by atoms with Crippen molar-refractivity contribution in [1.29, 1.82) is 0 Å². The van der Waals surface area contributed by atoms with Gasteiger partial charge in [0.15, 0.2) is 0 Å². The maximum atomic E-state index is 4.44. The zero-order chi connectivity index (χ0) is 7.68. The lowest BCUT2D eigenvalue weighted by Crippen LogP contribution is -1.94. The summed E-state index contributed by atoms with van der Waals surface area (Å²) in [5.74, 6) is 0. The van der Waals surface area contributed by atoms with Crippen LogP contribution in [0.2, 0.25) is 0 Å². The Morgan fingerprint density at radius 2 is 2.18 bits per heavy atom. The van der Waals surface area contributed by atoms with E-state index in [1.807, 2.05) is 0 Å². The lowest BCUT2D eigenvalue weighted by molar-refractivity contribution is 1.10. The fraction of sp³-hybridized carbons (Fsp3) is 0.300. The first-order valence-corrected chi connectivity index (χ1v) is 4.03. The van der Waals surface area contributed by atoms with Gasteiger partial charge in [-0.2, -0.15) is 0 Å². The summed E-state index contributed by atoms with van der Waals surface area (Å²) in [5, 5.41) is 0. The van der Waals surface area contributed by atoms with Crippen LogP contribution in [-0.2, 0) is 6.54 Å². The zero-order valence-corrected chi connectivity index (χ0v) is 6.67. The molecule has 0 atom stereocenters. The number of rotatable bonds is 1. The number of hydrogen-bond donors (Lipinski definition) is 0. The average molecular weight is 145 g/mol.